The lowest BCUT2D eigenvalue weighted by Crippen LogP contribution is -2.32. The number of benzene rings is 4. The predicted octanol–water partition coefficient (Wildman–Crippen LogP) is 8.34. The molecule has 0 saturated heterocycles. The van der Waals surface area contributed by atoms with E-state index >= 15 is 0 Å². The van der Waals surface area contributed by atoms with Gasteiger partial charge < -0.3 is 9.47 Å². The molecule has 4 rings (SSSR count). The van der Waals surface area contributed by atoms with Crippen molar-refractivity contribution in [3.63, 3.8) is 0 Å². The van der Waals surface area contributed by atoms with E-state index in [-0.39, 0.29) is 23.1 Å². The summed E-state index contributed by atoms with van der Waals surface area (Å²) in [6.45, 7) is 0.336. The molecule has 0 spiro atoms. The van der Waals surface area contributed by atoms with Gasteiger partial charge in [-0.2, -0.15) is 8.78 Å². The van der Waals surface area contributed by atoms with Crippen LogP contribution >= 0.6 is 0 Å². The van der Waals surface area contributed by atoms with Crippen LogP contribution in [0.3, 0.4) is 0 Å². The summed E-state index contributed by atoms with van der Waals surface area (Å²) < 4.78 is 121. The number of hydrogen-bond acceptors (Lipinski definition) is 2. The molecule has 4 aromatic rings. The van der Waals surface area contributed by atoms with E-state index in [4.69, 9.17) is 4.74 Å². The molecule has 0 atom stereocenters. The molecular formula is C27H18F8O2. The van der Waals surface area contributed by atoms with Crippen LogP contribution in [-0.4, -0.2) is 12.7 Å². The zero-order valence-corrected chi connectivity index (χ0v) is 19.2. The summed E-state index contributed by atoms with van der Waals surface area (Å²) in [5.74, 6) is -11.6. The standard InChI is InChI=1S/C27H18F8O2/c1-2-3-14-4-6-15(7-5-14)18-10-16-8-9-21(25(32)22(16)26(33)23(18)30)36-13-27(34,35)37-17-11-19(28)24(31)20(29)12-17/h4-12H,2-3,13H2,1H3. The van der Waals surface area contributed by atoms with Gasteiger partial charge in [-0.15, -0.1) is 0 Å². The summed E-state index contributed by atoms with van der Waals surface area (Å²) >= 11 is 0. The second-order valence-electron chi connectivity index (χ2n) is 8.20. The third-order valence-electron chi connectivity index (χ3n) is 5.51. The van der Waals surface area contributed by atoms with Crippen molar-refractivity contribution >= 4 is 10.8 Å². The van der Waals surface area contributed by atoms with E-state index in [0.29, 0.717) is 5.56 Å². The van der Waals surface area contributed by atoms with Crippen LogP contribution < -0.4 is 9.47 Å². The highest BCUT2D eigenvalue weighted by atomic mass is 19.3. The van der Waals surface area contributed by atoms with Gasteiger partial charge in [-0.3, -0.25) is 0 Å². The van der Waals surface area contributed by atoms with Gasteiger partial charge in [0.2, 0.25) is 0 Å². The molecule has 0 aliphatic rings. The molecule has 0 aliphatic carbocycles. The quantitative estimate of drug-likeness (QED) is 0.170. The van der Waals surface area contributed by atoms with Crippen LogP contribution in [0.15, 0.2) is 54.6 Å². The van der Waals surface area contributed by atoms with E-state index in [1.165, 1.54) is 6.07 Å². The van der Waals surface area contributed by atoms with Crippen molar-refractivity contribution in [2.24, 2.45) is 0 Å². The second-order valence-corrected chi connectivity index (χ2v) is 8.20. The largest absolute Gasteiger partial charge is 0.480 e. The van der Waals surface area contributed by atoms with Crippen molar-refractivity contribution in [1.82, 2.24) is 0 Å². The second kappa shape index (κ2) is 10.3. The maximum absolute atomic E-state index is 15.0. The average molecular weight is 526 g/mol. The van der Waals surface area contributed by atoms with Gasteiger partial charge in [0.15, 0.2) is 47.3 Å². The number of ether oxygens (including phenoxy) is 2. The van der Waals surface area contributed by atoms with Crippen molar-refractivity contribution < 1.29 is 44.6 Å². The number of halogens is 8. The van der Waals surface area contributed by atoms with Gasteiger partial charge in [0.25, 0.3) is 0 Å². The fourth-order valence-electron chi connectivity index (χ4n) is 3.78. The predicted molar refractivity (Wildman–Crippen MR) is 121 cm³/mol. The van der Waals surface area contributed by atoms with E-state index < -0.39 is 64.5 Å². The summed E-state index contributed by atoms with van der Waals surface area (Å²) in [6.07, 6.45) is -2.54. The highest BCUT2D eigenvalue weighted by Gasteiger charge is 2.34. The molecule has 4 aromatic carbocycles. The number of alkyl halides is 2. The van der Waals surface area contributed by atoms with E-state index in [1.807, 2.05) is 6.92 Å². The Morgan fingerprint density at radius 2 is 1.38 bits per heavy atom. The lowest BCUT2D eigenvalue weighted by molar-refractivity contribution is -0.195. The minimum Gasteiger partial charge on any atom is -0.480 e. The molecule has 0 bridgehead atoms. The minimum absolute atomic E-state index is 0.0448. The SMILES string of the molecule is CCCc1ccc(-c2cc3ccc(OCC(F)(F)Oc4cc(F)c(F)c(F)c4)c(F)c3c(F)c2F)cc1. The zero-order chi connectivity index (χ0) is 26.9. The monoisotopic (exact) mass is 526 g/mol. The molecule has 37 heavy (non-hydrogen) atoms. The van der Waals surface area contributed by atoms with Crippen molar-refractivity contribution in [2.45, 2.75) is 25.9 Å². The Hall–Kier alpha value is -3.82. The van der Waals surface area contributed by atoms with Gasteiger partial charge in [-0.25, -0.2) is 26.3 Å². The van der Waals surface area contributed by atoms with Crippen molar-refractivity contribution in [3.05, 3.63) is 95.1 Å². The minimum atomic E-state index is -4.25. The van der Waals surface area contributed by atoms with Crippen LogP contribution in [0, 0.1) is 34.9 Å². The molecule has 0 amide bonds. The van der Waals surface area contributed by atoms with Crippen molar-refractivity contribution in [2.75, 3.05) is 6.61 Å². The van der Waals surface area contributed by atoms with E-state index in [2.05, 4.69) is 4.74 Å². The first-order valence-corrected chi connectivity index (χ1v) is 11.0. The van der Waals surface area contributed by atoms with Gasteiger partial charge in [-0.05, 0) is 35.1 Å². The Morgan fingerprint density at radius 1 is 0.730 bits per heavy atom. The maximum Gasteiger partial charge on any atom is 0.433 e. The smallest absolute Gasteiger partial charge is 0.433 e. The number of rotatable bonds is 8. The number of aryl methyl sites for hydroxylation is 1. The van der Waals surface area contributed by atoms with Crippen LogP contribution in [0.4, 0.5) is 35.1 Å². The zero-order valence-electron chi connectivity index (χ0n) is 19.2. The van der Waals surface area contributed by atoms with Crippen LogP contribution in [0.5, 0.6) is 11.5 Å². The van der Waals surface area contributed by atoms with Gasteiger partial charge in [0, 0.05) is 17.7 Å². The first-order valence-electron chi connectivity index (χ1n) is 11.0. The lowest BCUT2D eigenvalue weighted by atomic mass is 9.98. The Kier molecular flexibility index (Phi) is 7.29. The molecule has 0 unspecified atom stereocenters. The Morgan fingerprint density at radius 3 is 2.00 bits per heavy atom. The first-order chi connectivity index (χ1) is 17.5. The number of fused-ring (bicyclic) bond motifs is 1. The fraction of sp³-hybridized carbons (Fsp3) is 0.185. The van der Waals surface area contributed by atoms with E-state index in [9.17, 15) is 35.1 Å². The molecule has 0 radical (unpaired) electrons. The molecule has 0 aliphatic heterocycles. The normalized spacial score (nSPS) is 11.7. The van der Waals surface area contributed by atoms with Crippen LogP contribution in [0.2, 0.25) is 0 Å². The molecule has 0 aromatic heterocycles. The Balaban J connectivity index is 1.59. The lowest BCUT2D eigenvalue weighted by Gasteiger charge is -2.19. The molecule has 10 heteroatoms. The number of hydrogen-bond donors (Lipinski definition) is 0. The van der Waals surface area contributed by atoms with Gasteiger partial charge in [-0.1, -0.05) is 43.7 Å². The van der Waals surface area contributed by atoms with Crippen LogP contribution in [0.25, 0.3) is 21.9 Å². The van der Waals surface area contributed by atoms with Gasteiger partial charge >= 0.3 is 6.11 Å². The van der Waals surface area contributed by atoms with Gasteiger partial charge in [0.1, 0.15) is 5.75 Å². The van der Waals surface area contributed by atoms with E-state index in [1.54, 1.807) is 24.3 Å². The fourth-order valence-corrected chi connectivity index (χ4v) is 3.78. The average Bonchev–Trinajstić information content (AvgIpc) is 2.84. The molecule has 0 fully saturated rings. The van der Waals surface area contributed by atoms with Crippen molar-refractivity contribution in [1.29, 1.82) is 0 Å². The third-order valence-corrected chi connectivity index (χ3v) is 5.51. The summed E-state index contributed by atoms with van der Waals surface area (Å²) in [5, 5.41) is -0.857. The van der Waals surface area contributed by atoms with Crippen LogP contribution in [-0.2, 0) is 6.42 Å². The first kappa shape index (κ1) is 26.2. The van der Waals surface area contributed by atoms with Crippen LogP contribution in [0.1, 0.15) is 18.9 Å². The summed E-state index contributed by atoms with van der Waals surface area (Å²) in [4.78, 5) is 0. The summed E-state index contributed by atoms with van der Waals surface area (Å²) in [6, 6.07) is 10.5. The Bertz CT molecular complexity index is 1430. The molecular weight excluding hydrogens is 508 g/mol. The molecule has 2 nitrogen and oxygen atoms in total. The summed E-state index contributed by atoms with van der Waals surface area (Å²) in [7, 11) is 0. The maximum atomic E-state index is 15.0. The molecule has 194 valence electrons. The van der Waals surface area contributed by atoms with E-state index in [0.717, 1.165) is 30.5 Å². The molecule has 0 N–H and O–H groups in total. The molecule has 0 saturated carbocycles. The van der Waals surface area contributed by atoms with Gasteiger partial charge in [0.05, 0.1) is 5.39 Å². The summed E-state index contributed by atoms with van der Waals surface area (Å²) in [5.41, 5.74) is 1.26. The molecule has 0 heterocycles. The third kappa shape index (κ3) is 5.47. The highest BCUT2D eigenvalue weighted by Crippen LogP contribution is 2.36. The van der Waals surface area contributed by atoms with Crippen molar-refractivity contribution in [3.8, 4) is 22.6 Å². The highest BCUT2D eigenvalue weighted by molar-refractivity contribution is 5.90. The topological polar surface area (TPSA) is 18.5 Å². The Labute approximate surface area is 206 Å².